The second kappa shape index (κ2) is 6.92. The van der Waals surface area contributed by atoms with Gasteiger partial charge in [0.2, 0.25) is 0 Å². The van der Waals surface area contributed by atoms with Gasteiger partial charge >= 0.3 is 0 Å². The fourth-order valence-corrected chi connectivity index (χ4v) is 2.08. The molecule has 0 heterocycles. The van der Waals surface area contributed by atoms with Crippen LogP contribution in [0.5, 0.6) is 0 Å². The SMILES string of the molecule is NCc1ccc(COCc2ccc(Cl)cc2)c(Cl)c1. The highest BCUT2D eigenvalue weighted by Crippen LogP contribution is 2.19. The Balaban J connectivity index is 1.90. The van der Waals surface area contributed by atoms with Crippen LogP contribution in [-0.4, -0.2) is 0 Å². The molecule has 0 amide bonds. The molecule has 100 valence electrons. The minimum absolute atomic E-state index is 0.478. The molecule has 2 nitrogen and oxygen atoms in total. The van der Waals surface area contributed by atoms with Crippen molar-refractivity contribution in [3.05, 3.63) is 69.2 Å². The van der Waals surface area contributed by atoms with Gasteiger partial charge in [0.1, 0.15) is 0 Å². The van der Waals surface area contributed by atoms with Crippen molar-refractivity contribution in [1.29, 1.82) is 0 Å². The van der Waals surface area contributed by atoms with E-state index >= 15 is 0 Å². The van der Waals surface area contributed by atoms with Gasteiger partial charge in [0.05, 0.1) is 13.2 Å². The lowest BCUT2D eigenvalue weighted by molar-refractivity contribution is 0.107. The Morgan fingerprint density at radius 3 is 2.21 bits per heavy atom. The molecule has 19 heavy (non-hydrogen) atoms. The molecular formula is C15H15Cl2NO. The molecule has 0 atom stereocenters. The lowest BCUT2D eigenvalue weighted by Crippen LogP contribution is -1.99. The Hall–Kier alpha value is -1.06. The predicted octanol–water partition coefficient (Wildman–Crippen LogP) is 4.17. The van der Waals surface area contributed by atoms with Gasteiger partial charge in [-0.3, -0.25) is 0 Å². The van der Waals surface area contributed by atoms with E-state index in [0.717, 1.165) is 21.7 Å². The predicted molar refractivity (Wildman–Crippen MR) is 79.3 cm³/mol. The highest BCUT2D eigenvalue weighted by atomic mass is 35.5. The molecule has 0 fully saturated rings. The van der Waals surface area contributed by atoms with Crippen LogP contribution in [0.2, 0.25) is 10.0 Å². The van der Waals surface area contributed by atoms with Crippen LogP contribution in [0.1, 0.15) is 16.7 Å². The molecular weight excluding hydrogens is 281 g/mol. The van der Waals surface area contributed by atoms with Crippen molar-refractivity contribution < 1.29 is 4.74 Å². The van der Waals surface area contributed by atoms with Gasteiger partial charge < -0.3 is 10.5 Å². The molecule has 2 rings (SSSR count). The number of halogens is 2. The number of rotatable bonds is 5. The van der Waals surface area contributed by atoms with E-state index in [1.165, 1.54) is 0 Å². The summed E-state index contributed by atoms with van der Waals surface area (Å²) in [6, 6.07) is 13.4. The van der Waals surface area contributed by atoms with E-state index in [1.54, 1.807) is 0 Å². The lowest BCUT2D eigenvalue weighted by Gasteiger charge is -2.08. The monoisotopic (exact) mass is 295 g/mol. The molecule has 0 radical (unpaired) electrons. The molecule has 2 aromatic carbocycles. The van der Waals surface area contributed by atoms with Crippen molar-refractivity contribution >= 4 is 23.2 Å². The van der Waals surface area contributed by atoms with E-state index in [-0.39, 0.29) is 0 Å². The number of ether oxygens (including phenoxy) is 1. The Kier molecular flexibility index (Phi) is 5.23. The van der Waals surface area contributed by atoms with Gasteiger partial charge in [-0.2, -0.15) is 0 Å². The van der Waals surface area contributed by atoms with Crippen molar-refractivity contribution in [3.63, 3.8) is 0 Å². The van der Waals surface area contributed by atoms with Crippen molar-refractivity contribution in [2.45, 2.75) is 19.8 Å². The van der Waals surface area contributed by atoms with Gasteiger partial charge in [-0.15, -0.1) is 0 Å². The van der Waals surface area contributed by atoms with Gasteiger partial charge in [-0.05, 0) is 34.9 Å². The minimum Gasteiger partial charge on any atom is -0.372 e. The third-order valence-electron chi connectivity index (χ3n) is 2.79. The van der Waals surface area contributed by atoms with Gasteiger partial charge in [0.15, 0.2) is 0 Å². The molecule has 2 N–H and O–H groups in total. The minimum atomic E-state index is 0.478. The largest absolute Gasteiger partial charge is 0.372 e. The second-order valence-electron chi connectivity index (χ2n) is 4.25. The summed E-state index contributed by atoms with van der Waals surface area (Å²) < 4.78 is 5.64. The molecule has 2 aromatic rings. The lowest BCUT2D eigenvalue weighted by atomic mass is 10.1. The van der Waals surface area contributed by atoms with Gasteiger partial charge in [-0.1, -0.05) is 47.5 Å². The summed E-state index contributed by atoms with van der Waals surface area (Å²) in [5.41, 5.74) is 8.62. The molecule has 0 aliphatic carbocycles. The Morgan fingerprint density at radius 1 is 0.895 bits per heavy atom. The highest BCUT2D eigenvalue weighted by molar-refractivity contribution is 6.31. The van der Waals surface area contributed by atoms with Crippen LogP contribution >= 0.6 is 23.2 Å². The molecule has 0 saturated heterocycles. The van der Waals surface area contributed by atoms with Crippen LogP contribution in [0.25, 0.3) is 0 Å². The van der Waals surface area contributed by atoms with Crippen molar-refractivity contribution in [3.8, 4) is 0 Å². The van der Waals surface area contributed by atoms with Gasteiger partial charge in [-0.25, -0.2) is 0 Å². The maximum atomic E-state index is 6.16. The van der Waals surface area contributed by atoms with Crippen molar-refractivity contribution in [2.24, 2.45) is 5.73 Å². The van der Waals surface area contributed by atoms with Crippen molar-refractivity contribution in [2.75, 3.05) is 0 Å². The first-order chi connectivity index (χ1) is 9.19. The summed E-state index contributed by atoms with van der Waals surface area (Å²) in [5.74, 6) is 0. The van der Waals surface area contributed by atoms with E-state index in [4.69, 9.17) is 33.7 Å². The maximum Gasteiger partial charge on any atom is 0.0735 e. The zero-order valence-electron chi connectivity index (χ0n) is 10.4. The van der Waals surface area contributed by atoms with Crippen LogP contribution in [-0.2, 0) is 24.5 Å². The second-order valence-corrected chi connectivity index (χ2v) is 5.09. The molecule has 0 spiro atoms. The maximum absolute atomic E-state index is 6.16. The summed E-state index contributed by atoms with van der Waals surface area (Å²) >= 11 is 12.0. The number of nitrogens with two attached hydrogens (primary N) is 1. The first kappa shape index (κ1) is 14.4. The van der Waals surface area contributed by atoms with E-state index in [9.17, 15) is 0 Å². The Labute approximate surface area is 123 Å². The fourth-order valence-electron chi connectivity index (χ4n) is 1.69. The number of hydrogen-bond donors (Lipinski definition) is 1. The van der Waals surface area contributed by atoms with Crippen molar-refractivity contribution in [1.82, 2.24) is 0 Å². The normalized spacial score (nSPS) is 10.7. The topological polar surface area (TPSA) is 35.2 Å². The average Bonchev–Trinajstić information content (AvgIpc) is 2.42. The molecule has 0 bridgehead atoms. The summed E-state index contributed by atoms with van der Waals surface area (Å²) in [4.78, 5) is 0. The fraction of sp³-hybridized carbons (Fsp3) is 0.200. The van der Waals surface area contributed by atoms with Crippen LogP contribution in [0, 0.1) is 0 Å². The molecule has 0 aliphatic rings. The van der Waals surface area contributed by atoms with E-state index in [0.29, 0.717) is 24.8 Å². The zero-order chi connectivity index (χ0) is 13.7. The third-order valence-corrected chi connectivity index (χ3v) is 3.40. The standard InChI is InChI=1S/C15H15Cl2NO/c16-14-5-2-11(3-6-14)9-19-10-13-4-1-12(8-18)7-15(13)17/h1-7H,8-10,18H2. The smallest absolute Gasteiger partial charge is 0.0735 e. The van der Waals surface area contributed by atoms with E-state index in [2.05, 4.69) is 0 Å². The molecule has 0 unspecified atom stereocenters. The summed E-state index contributed by atoms with van der Waals surface area (Å²) in [7, 11) is 0. The number of benzene rings is 2. The highest BCUT2D eigenvalue weighted by Gasteiger charge is 2.02. The first-order valence-electron chi connectivity index (χ1n) is 5.98. The number of hydrogen-bond acceptors (Lipinski definition) is 2. The average molecular weight is 296 g/mol. The van der Waals surface area contributed by atoms with Gasteiger partial charge in [0.25, 0.3) is 0 Å². The molecule has 4 heteroatoms. The van der Waals surface area contributed by atoms with Crippen LogP contribution in [0.15, 0.2) is 42.5 Å². The van der Waals surface area contributed by atoms with Crippen LogP contribution < -0.4 is 5.73 Å². The zero-order valence-corrected chi connectivity index (χ0v) is 11.9. The summed E-state index contributed by atoms with van der Waals surface area (Å²) in [5, 5.41) is 1.42. The van der Waals surface area contributed by atoms with Gasteiger partial charge in [0, 0.05) is 16.6 Å². The van der Waals surface area contributed by atoms with Crippen LogP contribution in [0.4, 0.5) is 0 Å². The molecule has 0 aliphatic heterocycles. The summed E-state index contributed by atoms with van der Waals surface area (Å²) in [6.07, 6.45) is 0. The summed E-state index contributed by atoms with van der Waals surface area (Å²) in [6.45, 7) is 1.50. The van der Waals surface area contributed by atoms with E-state index in [1.807, 2.05) is 42.5 Å². The van der Waals surface area contributed by atoms with Crippen LogP contribution in [0.3, 0.4) is 0 Å². The van der Waals surface area contributed by atoms with E-state index < -0.39 is 0 Å². The first-order valence-corrected chi connectivity index (χ1v) is 6.74. The molecule has 0 aromatic heterocycles. The Morgan fingerprint density at radius 2 is 1.58 bits per heavy atom. The quantitative estimate of drug-likeness (QED) is 0.898. The third kappa shape index (κ3) is 4.22. The molecule has 0 saturated carbocycles. The Bertz CT molecular complexity index is 540.